The minimum atomic E-state index is -4.72. The summed E-state index contributed by atoms with van der Waals surface area (Å²) >= 11 is 0. The lowest BCUT2D eigenvalue weighted by molar-refractivity contribution is -0.198. The predicted molar refractivity (Wildman–Crippen MR) is 48.1 cm³/mol. The highest BCUT2D eigenvalue weighted by Gasteiger charge is 2.51. The van der Waals surface area contributed by atoms with Crippen molar-refractivity contribution in [3.05, 3.63) is 18.3 Å². The van der Waals surface area contributed by atoms with Crippen LogP contribution in [-0.4, -0.2) is 30.2 Å². The molecule has 0 bridgehead atoms. The molecule has 0 saturated heterocycles. The lowest BCUT2D eigenvalue weighted by Gasteiger charge is -2.31. The first-order valence-electron chi connectivity index (χ1n) is 4.37. The largest absolute Gasteiger partial charge is 0.467 e. The highest BCUT2D eigenvalue weighted by atomic mass is 19.4. The summed E-state index contributed by atoms with van der Waals surface area (Å²) in [4.78, 5) is 16.0. The summed E-state index contributed by atoms with van der Waals surface area (Å²) in [5, 5.41) is 0. The zero-order valence-electron chi connectivity index (χ0n) is 8.15. The molecule has 1 aromatic heterocycles. The number of fused-ring (bicyclic) bond motifs is 1. The van der Waals surface area contributed by atoms with Crippen LogP contribution >= 0.6 is 0 Å². The second-order valence-corrected chi connectivity index (χ2v) is 3.26. The van der Waals surface area contributed by atoms with Crippen LogP contribution in [0.1, 0.15) is 0 Å². The first-order valence-corrected chi connectivity index (χ1v) is 4.37. The number of likely N-dealkylation sites (N-methyl/N-ethyl adjacent to an activating group) is 1. The van der Waals surface area contributed by atoms with Gasteiger partial charge in [0.2, 0.25) is 0 Å². The van der Waals surface area contributed by atoms with Crippen molar-refractivity contribution >= 4 is 11.7 Å². The molecule has 7 heteroatoms. The Hall–Kier alpha value is -1.79. The van der Waals surface area contributed by atoms with Crippen molar-refractivity contribution in [2.75, 3.05) is 11.9 Å². The predicted octanol–water partition coefficient (Wildman–Crippen LogP) is 1.37. The van der Waals surface area contributed by atoms with Crippen molar-refractivity contribution in [1.82, 2.24) is 4.98 Å². The zero-order chi connectivity index (χ0) is 11.9. The van der Waals surface area contributed by atoms with E-state index >= 15 is 0 Å². The topological polar surface area (TPSA) is 42.4 Å². The molecule has 1 atom stereocenters. The number of nitrogens with zero attached hydrogens (tertiary/aromatic N) is 2. The van der Waals surface area contributed by atoms with Gasteiger partial charge in [0.1, 0.15) is 0 Å². The van der Waals surface area contributed by atoms with Gasteiger partial charge in [-0.2, -0.15) is 13.2 Å². The minimum absolute atomic E-state index is 0.0491. The van der Waals surface area contributed by atoms with E-state index in [1.807, 2.05) is 0 Å². The Morgan fingerprint density at radius 1 is 1.50 bits per heavy atom. The highest BCUT2D eigenvalue weighted by Crippen LogP contribution is 2.35. The summed E-state index contributed by atoms with van der Waals surface area (Å²) in [6.07, 6.45) is -5.80. The Morgan fingerprint density at radius 2 is 2.19 bits per heavy atom. The zero-order valence-corrected chi connectivity index (χ0v) is 8.15. The third-order valence-electron chi connectivity index (χ3n) is 2.17. The fraction of sp³-hybridized carbons (Fsp3) is 0.333. The van der Waals surface area contributed by atoms with Crippen LogP contribution in [0, 0.1) is 0 Å². The number of carbonyl (C=O) groups excluding carboxylic acids is 1. The number of aromatic nitrogens is 1. The molecule has 1 aliphatic rings. The molecule has 86 valence electrons. The van der Waals surface area contributed by atoms with Gasteiger partial charge in [0.25, 0.3) is 12.0 Å². The van der Waals surface area contributed by atoms with Crippen LogP contribution in [0.5, 0.6) is 5.75 Å². The fourth-order valence-electron chi connectivity index (χ4n) is 1.39. The van der Waals surface area contributed by atoms with Crippen molar-refractivity contribution in [2.24, 2.45) is 0 Å². The van der Waals surface area contributed by atoms with Crippen molar-refractivity contribution in [1.29, 1.82) is 0 Å². The van der Waals surface area contributed by atoms with E-state index in [9.17, 15) is 18.0 Å². The average molecular weight is 232 g/mol. The Morgan fingerprint density at radius 3 is 2.81 bits per heavy atom. The van der Waals surface area contributed by atoms with Crippen LogP contribution in [0.3, 0.4) is 0 Å². The lowest BCUT2D eigenvalue weighted by atomic mass is 10.2. The monoisotopic (exact) mass is 232 g/mol. The Bertz CT molecular complexity index is 433. The van der Waals surface area contributed by atoms with E-state index in [2.05, 4.69) is 9.72 Å². The molecular formula is C9H7F3N2O2. The molecule has 1 unspecified atom stereocenters. The van der Waals surface area contributed by atoms with Crippen LogP contribution < -0.4 is 9.64 Å². The number of hydrogen-bond acceptors (Lipinski definition) is 3. The summed E-state index contributed by atoms with van der Waals surface area (Å²) < 4.78 is 42.0. The van der Waals surface area contributed by atoms with E-state index in [0.717, 1.165) is 4.90 Å². The van der Waals surface area contributed by atoms with Crippen LogP contribution in [0.4, 0.5) is 19.0 Å². The Balaban J connectivity index is 2.44. The maximum Gasteiger partial charge on any atom is 0.434 e. The smallest absolute Gasteiger partial charge is 0.434 e. The summed E-state index contributed by atoms with van der Waals surface area (Å²) in [5.41, 5.74) is 0. The van der Waals surface area contributed by atoms with Gasteiger partial charge >= 0.3 is 6.18 Å². The SMILES string of the molecule is CN1C(=O)C(C(F)(F)F)Oc2cccnc21. The van der Waals surface area contributed by atoms with E-state index < -0.39 is 18.2 Å². The number of pyridine rings is 1. The number of amides is 1. The first kappa shape index (κ1) is 10.7. The van der Waals surface area contributed by atoms with E-state index in [4.69, 9.17) is 0 Å². The van der Waals surface area contributed by atoms with Gasteiger partial charge in [0.05, 0.1) is 0 Å². The van der Waals surface area contributed by atoms with Crippen molar-refractivity contribution in [3.63, 3.8) is 0 Å². The average Bonchev–Trinajstić information content (AvgIpc) is 2.22. The fourth-order valence-corrected chi connectivity index (χ4v) is 1.39. The van der Waals surface area contributed by atoms with E-state index in [1.165, 1.54) is 25.4 Å². The summed E-state index contributed by atoms with van der Waals surface area (Å²) in [6.45, 7) is 0. The van der Waals surface area contributed by atoms with E-state index in [1.54, 1.807) is 0 Å². The molecule has 0 spiro atoms. The number of alkyl halides is 3. The van der Waals surface area contributed by atoms with Crippen LogP contribution in [-0.2, 0) is 4.79 Å². The molecule has 0 aliphatic carbocycles. The van der Waals surface area contributed by atoms with Gasteiger partial charge < -0.3 is 4.74 Å². The maximum atomic E-state index is 12.5. The molecule has 0 saturated carbocycles. The van der Waals surface area contributed by atoms with Crippen molar-refractivity contribution in [2.45, 2.75) is 12.3 Å². The third-order valence-corrected chi connectivity index (χ3v) is 2.17. The molecular weight excluding hydrogens is 225 g/mol. The standard InChI is InChI=1S/C9H7F3N2O2/c1-14-7-5(3-2-4-13-7)16-6(8(14)15)9(10,11)12/h2-4,6H,1H3. The number of carbonyl (C=O) groups is 1. The number of hydrogen-bond donors (Lipinski definition) is 0. The second-order valence-electron chi connectivity index (χ2n) is 3.26. The van der Waals surface area contributed by atoms with Gasteiger partial charge in [0.15, 0.2) is 11.6 Å². The van der Waals surface area contributed by atoms with Gasteiger partial charge in [-0.25, -0.2) is 4.98 Å². The molecule has 1 aliphatic heterocycles. The van der Waals surface area contributed by atoms with Gasteiger partial charge in [-0.3, -0.25) is 9.69 Å². The Labute approximate surface area is 88.6 Å². The summed E-state index contributed by atoms with van der Waals surface area (Å²) in [7, 11) is 1.23. The Kier molecular flexibility index (Phi) is 2.25. The van der Waals surface area contributed by atoms with E-state index in [0.29, 0.717) is 0 Å². The molecule has 0 radical (unpaired) electrons. The number of ether oxygens (including phenoxy) is 1. The van der Waals surface area contributed by atoms with E-state index in [-0.39, 0.29) is 11.6 Å². The molecule has 0 N–H and O–H groups in total. The quantitative estimate of drug-likeness (QED) is 0.678. The van der Waals surface area contributed by atoms with Gasteiger partial charge in [0, 0.05) is 13.2 Å². The summed E-state index contributed by atoms with van der Waals surface area (Å²) in [6, 6.07) is 2.78. The van der Waals surface area contributed by atoms with Gasteiger partial charge in [-0.05, 0) is 12.1 Å². The number of halogens is 3. The minimum Gasteiger partial charge on any atom is -0.467 e. The number of rotatable bonds is 0. The lowest BCUT2D eigenvalue weighted by Crippen LogP contribution is -2.51. The summed E-state index contributed by atoms with van der Waals surface area (Å²) in [5.74, 6) is -1.13. The first-order chi connectivity index (χ1) is 7.41. The molecule has 0 fully saturated rings. The highest BCUT2D eigenvalue weighted by molar-refractivity contribution is 5.98. The van der Waals surface area contributed by atoms with Gasteiger partial charge in [-0.1, -0.05) is 0 Å². The van der Waals surface area contributed by atoms with Gasteiger partial charge in [-0.15, -0.1) is 0 Å². The molecule has 1 amide bonds. The number of anilines is 1. The van der Waals surface area contributed by atoms with Crippen molar-refractivity contribution in [3.8, 4) is 5.75 Å². The van der Waals surface area contributed by atoms with Crippen LogP contribution in [0.25, 0.3) is 0 Å². The van der Waals surface area contributed by atoms with Crippen molar-refractivity contribution < 1.29 is 22.7 Å². The van der Waals surface area contributed by atoms with Crippen LogP contribution in [0.15, 0.2) is 18.3 Å². The second kappa shape index (κ2) is 3.36. The normalized spacial score (nSPS) is 20.4. The molecule has 2 rings (SSSR count). The molecule has 2 heterocycles. The molecule has 16 heavy (non-hydrogen) atoms. The molecule has 0 aromatic carbocycles. The third kappa shape index (κ3) is 1.58. The van der Waals surface area contributed by atoms with Crippen LogP contribution in [0.2, 0.25) is 0 Å². The maximum absolute atomic E-state index is 12.5. The molecule has 4 nitrogen and oxygen atoms in total. The molecule has 1 aromatic rings.